The molecule has 0 saturated carbocycles. The normalized spacial score (nSPS) is 19.8. The van der Waals surface area contributed by atoms with Crippen LogP contribution in [0.25, 0.3) is 11.0 Å². The van der Waals surface area contributed by atoms with Gasteiger partial charge in [0, 0.05) is 26.2 Å². The maximum Gasteiger partial charge on any atom is 0.407 e. The standard InChI is InChI=1S/C28H34N4O5/c1-19(2)16-32(21-15-28(3,26(34)35)18-30(17-21)27(36)37)25(33)24-29-22-11-7-8-12-23(22)31(24)14-13-20-9-5-4-6-10-20/h4-12,19,21H,13-18H2,1-3H3,(H,34,35)(H,36,37)/t21-,28+/m0/s1. The van der Waals surface area contributed by atoms with Gasteiger partial charge in [0.05, 0.1) is 22.5 Å². The highest BCUT2D eigenvalue weighted by molar-refractivity contribution is 5.95. The van der Waals surface area contributed by atoms with Gasteiger partial charge >= 0.3 is 12.1 Å². The van der Waals surface area contributed by atoms with Crippen molar-refractivity contribution in [3.8, 4) is 0 Å². The molecule has 196 valence electrons. The number of aliphatic carboxylic acids is 1. The number of carboxylic acid groups (broad SMARTS) is 2. The smallest absolute Gasteiger partial charge is 0.407 e. The molecule has 9 nitrogen and oxygen atoms in total. The van der Waals surface area contributed by atoms with Gasteiger partial charge in [0.2, 0.25) is 0 Å². The first kappa shape index (κ1) is 26.2. The van der Waals surface area contributed by atoms with Gasteiger partial charge in [-0.25, -0.2) is 9.78 Å². The molecule has 0 unspecified atom stereocenters. The van der Waals surface area contributed by atoms with Crippen molar-refractivity contribution in [1.29, 1.82) is 0 Å². The van der Waals surface area contributed by atoms with Crippen LogP contribution in [0.15, 0.2) is 54.6 Å². The molecule has 9 heteroatoms. The summed E-state index contributed by atoms with van der Waals surface area (Å²) in [6.45, 7) is 6.34. The van der Waals surface area contributed by atoms with Gasteiger partial charge in [-0.05, 0) is 43.4 Å². The van der Waals surface area contributed by atoms with E-state index in [9.17, 15) is 24.6 Å². The summed E-state index contributed by atoms with van der Waals surface area (Å²) in [5.41, 5.74) is 1.39. The number of amides is 2. The number of carbonyl (C=O) groups is 3. The number of fused-ring (bicyclic) bond motifs is 1. The molecular formula is C28H34N4O5. The van der Waals surface area contributed by atoms with Gasteiger partial charge in [-0.2, -0.15) is 0 Å². The molecule has 2 atom stereocenters. The van der Waals surface area contributed by atoms with E-state index >= 15 is 0 Å². The number of piperidine rings is 1. The van der Waals surface area contributed by atoms with Crippen LogP contribution in [-0.2, 0) is 17.8 Å². The number of hydrogen-bond acceptors (Lipinski definition) is 4. The van der Waals surface area contributed by atoms with Crippen LogP contribution in [0.1, 0.15) is 43.4 Å². The predicted octanol–water partition coefficient (Wildman–Crippen LogP) is 4.22. The molecule has 4 rings (SSSR count). The van der Waals surface area contributed by atoms with E-state index in [1.807, 2.05) is 73.0 Å². The molecule has 0 radical (unpaired) electrons. The van der Waals surface area contributed by atoms with Crippen molar-refractivity contribution in [2.75, 3.05) is 19.6 Å². The Labute approximate surface area is 216 Å². The SMILES string of the molecule is CC(C)CN(C(=O)c1nc2ccccc2n1CCc1ccccc1)[C@@H]1CN(C(=O)O)C[C@](C)(C(=O)O)C1. The van der Waals surface area contributed by atoms with Crippen LogP contribution in [-0.4, -0.2) is 73.2 Å². The van der Waals surface area contributed by atoms with E-state index in [1.165, 1.54) is 0 Å². The fraction of sp³-hybridized carbons (Fsp3) is 0.429. The number of carboxylic acids is 1. The van der Waals surface area contributed by atoms with Gasteiger partial charge in [0.15, 0.2) is 5.82 Å². The summed E-state index contributed by atoms with van der Waals surface area (Å²) in [4.78, 5) is 45.6. The van der Waals surface area contributed by atoms with Gasteiger partial charge in [-0.1, -0.05) is 56.3 Å². The molecule has 1 aliphatic rings. The molecule has 0 spiro atoms. The number of rotatable bonds is 8. The Balaban J connectivity index is 1.73. The number of hydrogen-bond donors (Lipinski definition) is 2. The molecule has 37 heavy (non-hydrogen) atoms. The highest BCUT2D eigenvalue weighted by atomic mass is 16.4. The van der Waals surface area contributed by atoms with E-state index < -0.39 is 23.5 Å². The molecular weight excluding hydrogens is 472 g/mol. The zero-order valence-corrected chi connectivity index (χ0v) is 21.5. The number of aromatic nitrogens is 2. The molecule has 1 saturated heterocycles. The van der Waals surface area contributed by atoms with Crippen LogP contribution in [0, 0.1) is 11.3 Å². The second kappa shape index (κ2) is 10.6. The van der Waals surface area contributed by atoms with E-state index in [2.05, 4.69) is 0 Å². The fourth-order valence-electron chi connectivity index (χ4n) is 5.17. The highest BCUT2D eigenvalue weighted by Gasteiger charge is 2.46. The fourth-order valence-corrected chi connectivity index (χ4v) is 5.17. The average molecular weight is 507 g/mol. The van der Waals surface area contributed by atoms with E-state index in [0.29, 0.717) is 25.0 Å². The van der Waals surface area contributed by atoms with Gasteiger partial charge in [-0.3, -0.25) is 9.59 Å². The Hall–Kier alpha value is -3.88. The number of para-hydroxylation sites is 2. The van der Waals surface area contributed by atoms with Crippen LogP contribution in [0.4, 0.5) is 4.79 Å². The van der Waals surface area contributed by atoms with Gasteiger partial charge in [0.25, 0.3) is 5.91 Å². The lowest BCUT2D eigenvalue weighted by Gasteiger charge is -2.45. The minimum atomic E-state index is -1.30. The van der Waals surface area contributed by atoms with Crippen LogP contribution < -0.4 is 0 Å². The Morgan fingerprint density at radius 1 is 1.08 bits per heavy atom. The number of likely N-dealkylation sites (tertiary alicyclic amines) is 1. The van der Waals surface area contributed by atoms with Crippen LogP contribution >= 0.6 is 0 Å². The summed E-state index contributed by atoms with van der Waals surface area (Å²) in [5.74, 6) is -1.02. The third-order valence-electron chi connectivity index (χ3n) is 7.02. The largest absolute Gasteiger partial charge is 0.481 e. The van der Waals surface area contributed by atoms with Gasteiger partial charge < -0.3 is 24.6 Å². The van der Waals surface area contributed by atoms with Crippen LogP contribution in [0.5, 0.6) is 0 Å². The molecule has 1 aromatic heterocycles. The van der Waals surface area contributed by atoms with Crippen LogP contribution in [0.2, 0.25) is 0 Å². The first-order chi connectivity index (χ1) is 17.6. The lowest BCUT2D eigenvalue weighted by molar-refractivity contribution is -0.152. The third-order valence-corrected chi connectivity index (χ3v) is 7.02. The quantitative estimate of drug-likeness (QED) is 0.473. The van der Waals surface area contributed by atoms with Crippen molar-refractivity contribution in [2.45, 2.75) is 46.2 Å². The van der Waals surface area contributed by atoms with Crippen molar-refractivity contribution in [3.05, 3.63) is 66.0 Å². The molecule has 2 amide bonds. The molecule has 0 aliphatic carbocycles. The third kappa shape index (κ3) is 5.60. The molecule has 2 N–H and O–H groups in total. The second-order valence-electron chi connectivity index (χ2n) is 10.5. The van der Waals surface area contributed by atoms with Crippen molar-refractivity contribution in [3.63, 3.8) is 0 Å². The van der Waals surface area contributed by atoms with E-state index in [4.69, 9.17) is 4.98 Å². The summed E-state index contributed by atoms with van der Waals surface area (Å²) in [6.07, 6.45) is -0.322. The number of imidazole rings is 1. The maximum atomic E-state index is 14.2. The molecule has 0 bridgehead atoms. The van der Waals surface area contributed by atoms with Crippen molar-refractivity contribution >= 4 is 29.0 Å². The summed E-state index contributed by atoms with van der Waals surface area (Å²) >= 11 is 0. The van der Waals surface area contributed by atoms with Crippen molar-refractivity contribution in [2.24, 2.45) is 11.3 Å². The Kier molecular flexibility index (Phi) is 7.52. The van der Waals surface area contributed by atoms with E-state index in [-0.39, 0.29) is 37.2 Å². The first-order valence-corrected chi connectivity index (χ1v) is 12.6. The maximum absolute atomic E-state index is 14.2. The zero-order chi connectivity index (χ0) is 26.7. The minimum absolute atomic E-state index is 0.0565. The topological polar surface area (TPSA) is 116 Å². The van der Waals surface area contributed by atoms with Crippen LogP contribution in [0.3, 0.4) is 0 Å². The Morgan fingerprint density at radius 3 is 2.41 bits per heavy atom. The average Bonchev–Trinajstić information content (AvgIpc) is 3.24. The van der Waals surface area contributed by atoms with E-state index in [0.717, 1.165) is 16.0 Å². The first-order valence-electron chi connectivity index (χ1n) is 12.6. The minimum Gasteiger partial charge on any atom is -0.481 e. The zero-order valence-electron chi connectivity index (χ0n) is 21.5. The number of nitrogens with zero attached hydrogens (tertiary/aromatic N) is 4. The molecule has 3 aromatic rings. The van der Waals surface area contributed by atoms with Crippen molar-refractivity contribution < 1.29 is 24.6 Å². The number of benzene rings is 2. The summed E-state index contributed by atoms with van der Waals surface area (Å²) in [7, 11) is 0. The predicted molar refractivity (Wildman–Crippen MR) is 139 cm³/mol. The number of carbonyl (C=O) groups excluding carboxylic acids is 1. The molecule has 2 heterocycles. The highest BCUT2D eigenvalue weighted by Crippen LogP contribution is 2.33. The number of aryl methyl sites for hydroxylation is 2. The monoisotopic (exact) mass is 506 g/mol. The Bertz CT molecular complexity index is 1290. The van der Waals surface area contributed by atoms with Gasteiger partial charge in [0.1, 0.15) is 0 Å². The summed E-state index contributed by atoms with van der Waals surface area (Å²) < 4.78 is 1.92. The van der Waals surface area contributed by atoms with Crippen molar-refractivity contribution in [1.82, 2.24) is 19.4 Å². The summed E-state index contributed by atoms with van der Waals surface area (Å²) in [6, 6.07) is 17.0. The lowest BCUT2D eigenvalue weighted by Crippen LogP contribution is -2.59. The molecule has 1 aliphatic heterocycles. The van der Waals surface area contributed by atoms with E-state index in [1.54, 1.807) is 11.8 Å². The summed E-state index contributed by atoms with van der Waals surface area (Å²) in [5, 5.41) is 19.6. The molecule has 2 aromatic carbocycles. The molecule has 1 fully saturated rings. The Morgan fingerprint density at radius 2 is 1.76 bits per heavy atom. The lowest BCUT2D eigenvalue weighted by atomic mass is 9.79. The van der Waals surface area contributed by atoms with Gasteiger partial charge in [-0.15, -0.1) is 0 Å². The second-order valence-corrected chi connectivity index (χ2v) is 10.5.